The Balaban J connectivity index is 1.39. The maximum atomic E-state index is 12.9. The molecule has 0 unspecified atom stereocenters. The number of hydrogen-bond acceptors (Lipinski definition) is 8. The molecule has 1 aliphatic heterocycles. The minimum absolute atomic E-state index is 0.167. The zero-order valence-corrected chi connectivity index (χ0v) is 23.6. The molecule has 0 saturated carbocycles. The van der Waals surface area contributed by atoms with E-state index in [0.717, 1.165) is 22.2 Å². The Bertz CT molecular complexity index is 1490. The summed E-state index contributed by atoms with van der Waals surface area (Å²) >= 11 is 0.746. The number of carbonyl (C=O) groups excluding carboxylic acids is 4. The Morgan fingerprint density at radius 3 is 2.37 bits per heavy atom. The van der Waals surface area contributed by atoms with Gasteiger partial charge >= 0.3 is 0 Å². The molecule has 0 radical (unpaired) electrons. The van der Waals surface area contributed by atoms with Crippen LogP contribution in [0.5, 0.6) is 17.2 Å². The fourth-order valence-corrected chi connectivity index (χ4v) is 4.71. The number of thioether (sulfide) groups is 1. The monoisotopic (exact) mass is 575 g/mol. The molecule has 3 aromatic carbocycles. The van der Waals surface area contributed by atoms with Gasteiger partial charge in [-0.3, -0.25) is 24.1 Å². The second kappa shape index (κ2) is 13.5. The molecular weight excluding hydrogens is 546 g/mol. The highest BCUT2D eigenvalue weighted by Gasteiger charge is 2.36. The van der Waals surface area contributed by atoms with Gasteiger partial charge in [-0.2, -0.15) is 0 Å². The van der Waals surface area contributed by atoms with Gasteiger partial charge in [0, 0.05) is 11.4 Å². The third-order valence-corrected chi connectivity index (χ3v) is 6.68. The quantitative estimate of drug-likeness (QED) is 0.303. The van der Waals surface area contributed by atoms with Crippen molar-refractivity contribution in [2.24, 2.45) is 0 Å². The van der Waals surface area contributed by atoms with Crippen molar-refractivity contribution in [2.75, 3.05) is 37.5 Å². The highest BCUT2D eigenvalue weighted by atomic mass is 32.2. The molecule has 1 saturated heterocycles. The van der Waals surface area contributed by atoms with E-state index in [1.54, 1.807) is 54.6 Å². The first kappa shape index (κ1) is 29.2. The topological polar surface area (TPSA) is 123 Å². The molecule has 2 N–H and O–H groups in total. The number of amides is 4. The molecule has 0 bridgehead atoms. The maximum absolute atomic E-state index is 12.9. The number of benzene rings is 3. The highest BCUT2D eigenvalue weighted by molar-refractivity contribution is 8.18. The molecule has 1 heterocycles. The largest absolute Gasteiger partial charge is 0.497 e. The van der Waals surface area contributed by atoms with Gasteiger partial charge in [-0.1, -0.05) is 18.2 Å². The molecule has 1 aliphatic rings. The SMILES string of the molecule is CCOc1cc(/C=C2/SC(=O)N(CC(=O)Nc3ccc(OC)cc3)C2=O)ccc1OCC(=O)Nc1cccc(C)c1. The molecule has 4 rings (SSSR count). The summed E-state index contributed by atoms with van der Waals surface area (Å²) in [6.07, 6.45) is 1.54. The van der Waals surface area contributed by atoms with Crippen LogP contribution in [0.15, 0.2) is 71.6 Å². The minimum atomic E-state index is -0.573. The maximum Gasteiger partial charge on any atom is 0.294 e. The predicted octanol–water partition coefficient (Wildman–Crippen LogP) is 5.09. The van der Waals surface area contributed by atoms with Crippen molar-refractivity contribution < 1.29 is 33.4 Å². The zero-order chi connectivity index (χ0) is 29.4. The summed E-state index contributed by atoms with van der Waals surface area (Å²) in [6, 6.07) is 19.1. The van der Waals surface area contributed by atoms with Gasteiger partial charge in [-0.25, -0.2) is 0 Å². The van der Waals surface area contributed by atoms with Gasteiger partial charge in [0.2, 0.25) is 5.91 Å². The molecule has 10 nitrogen and oxygen atoms in total. The number of nitrogens with zero attached hydrogens (tertiary/aromatic N) is 1. The van der Waals surface area contributed by atoms with Crippen molar-refractivity contribution >= 4 is 52.2 Å². The van der Waals surface area contributed by atoms with Crippen molar-refractivity contribution in [1.82, 2.24) is 4.90 Å². The number of rotatable bonds is 11. The first-order valence-electron chi connectivity index (χ1n) is 12.7. The zero-order valence-electron chi connectivity index (χ0n) is 22.8. The van der Waals surface area contributed by atoms with Gasteiger partial charge in [-0.15, -0.1) is 0 Å². The summed E-state index contributed by atoms with van der Waals surface area (Å²) < 4.78 is 16.5. The molecule has 0 aliphatic carbocycles. The van der Waals surface area contributed by atoms with Gasteiger partial charge in [0.25, 0.3) is 17.1 Å². The summed E-state index contributed by atoms with van der Waals surface area (Å²) in [6.45, 7) is 3.43. The molecule has 0 spiro atoms. The van der Waals surface area contributed by atoms with E-state index in [1.807, 2.05) is 32.0 Å². The van der Waals surface area contributed by atoms with Crippen LogP contribution in [-0.4, -0.2) is 54.7 Å². The van der Waals surface area contributed by atoms with Gasteiger partial charge in [0.1, 0.15) is 12.3 Å². The molecule has 4 amide bonds. The second-order valence-corrected chi connectivity index (χ2v) is 9.88. The van der Waals surface area contributed by atoms with Crippen LogP contribution in [0, 0.1) is 6.92 Å². The number of aryl methyl sites for hydroxylation is 1. The lowest BCUT2D eigenvalue weighted by molar-refractivity contribution is -0.127. The fraction of sp³-hybridized carbons (Fsp3) is 0.200. The third kappa shape index (κ3) is 7.89. The molecule has 212 valence electrons. The number of imide groups is 1. The van der Waals surface area contributed by atoms with Crippen LogP contribution in [0.25, 0.3) is 6.08 Å². The summed E-state index contributed by atoms with van der Waals surface area (Å²) in [7, 11) is 1.54. The Kier molecular flexibility index (Phi) is 9.64. The average molecular weight is 576 g/mol. The van der Waals surface area contributed by atoms with Crippen LogP contribution in [0.2, 0.25) is 0 Å². The first-order valence-corrected chi connectivity index (χ1v) is 13.5. The number of methoxy groups -OCH3 is 1. The summed E-state index contributed by atoms with van der Waals surface area (Å²) in [5.74, 6) is -0.0442. The number of anilines is 2. The van der Waals surface area contributed by atoms with Gasteiger partial charge < -0.3 is 24.8 Å². The van der Waals surface area contributed by atoms with Gasteiger partial charge in [0.05, 0.1) is 18.6 Å². The van der Waals surface area contributed by atoms with E-state index in [4.69, 9.17) is 14.2 Å². The van der Waals surface area contributed by atoms with Gasteiger partial charge in [-0.05, 0) is 91.3 Å². The fourth-order valence-electron chi connectivity index (χ4n) is 3.87. The van der Waals surface area contributed by atoms with Crippen molar-refractivity contribution in [3.05, 3.63) is 82.8 Å². The van der Waals surface area contributed by atoms with Crippen molar-refractivity contribution in [1.29, 1.82) is 0 Å². The molecule has 0 aromatic heterocycles. The molecule has 11 heteroatoms. The normalized spacial score (nSPS) is 13.7. The van der Waals surface area contributed by atoms with E-state index in [2.05, 4.69) is 10.6 Å². The summed E-state index contributed by atoms with van der Waals surface area (Å²) in [4.78, 5) is 51.4. The number of hydrogen-bond donors (Lipinski definition) is 2. The van der Waals surface area contributed by atoms with Crippen molar-refractivity contribution in [3.8, 4) is 17.2 Å². The predicted molar refractivity (Wildman–Crippen MR) is 157 cm³/mol. The minimum Gasteiger partial charge on any atom is -0.497 e. The first-order chi connectivity index (χ1) is 19.7. The lowest BCUT2D eigenvalue weighted by Crippen LogP contribution is -2.36. The Labute approximate surface area is 241 Å². The van der Waals surface area contributed by atoms with Crippen LogP contribution >= 0.6 is 11.8 Å². The molecule has 0 atom stereocenters. The Morgan fingerprint density at radius 1 is 0.902 bits per heavy atom. The smallest absolute Gasteiger partial charge is 0.294 e. The van der Waals surface area contributed by atoms with Crippen molar-refractivity contribution in [3.63, 3.8) is 0 Å². The van der Waals surface area contributed by atoms with Crippen LogP contribution in [0.3, 0.4) is 0 Å². The van der Waals surface area contributed by atoms with Crippen LogP contribution in [0.4, 0.5) is 16.2 Å². The number of ether oxygens (including phenoxy) is 3. The van der Waals surface area contributed by atoms with E-state index < -0.39 is 23.6 Å². The molecule has 1 fully saturated rings. The third-order valence-electron chi connectivity index (χ3n) is 5.78. The lowest BCUT2D eigenvalue weighted by atomic mass is 10.2. The van der Waals surface area contributed by atoms with E-state index in [-0.39, 0.29) is 17.4 Å². The summed E-state index contributed by atoms with van der Waals surface area (Å²) in [5.41, 5.74) is 2.79. The summed E-state index contributed by atoms with van der Waals surface area (Å²) in [5, 5.41) is 4.90. The molecule has 3 aromatic rings. The lowest BCUT2D eigenvalue weighted by Gasteiger charge is -2.13. The second-order valence-electron chi connectivity index (χ2n) is 8.89. The van der Waals surface area contributed by atoms with Crippen LogP contribution < -0.4 is 24.8 Å². The van der Waals surface area contributed by atoms with Crippen LogP contribution in [-0.2, 0) is 14.4 Å². The highest BCUT2D eigenvalue weighted by Crippen LogP contribution is 2.34. The van der Waals surface area contributed by atoms with E-state index in [9.17, 15) is 19.2 Å². The van der Waals surface area contributed by atoms with Crippen molar-refractivity contribution in [2.45, 2.75) is 13.8 Å². The molecule has 41 heavy (non-hydrogen) atoms. The van der Waals surface area contributed by atoms with Crippen LogP contribution in [0.1, 0.15) is 18.1 Å². The molecular formula is C30H29N3O7S. The average Bonchev–Trinajstić information content (AvgIpc) is 3.20. The number of carbonyl (C=O) groups is 4. The Hall–Kier alpha value is -4.77. The van der Waals surface area contributed by atoms with E-state index in [1.165, 1.54) is 7.11 Å². The number of nitrogens with one attached hydrogen (secondary N) is 2. The van der Waals surface area contributed by atoms with E-state index >= 15 is 0 Å². The van der Waals surface area contributed by atoms with E-state index in [0.29, 0.717) is 40.8 Å². The van der Waals surface area contributed by atoms with Gasteiger partial charge in [0.15, 0.2) is 18.1 Å². The Morgan fingerprint density at radius 2 is 1.66 bits per heavy atom. The standard InChI is InChI=1S/C30H29N3O7S/c1-4-39-25-15-20(8-13-24(25)40-18-28(35)32-22-7-5-6-19(2)14-22)16-26-29(36)33(30(37)41-26)17-27(34)31-21-9-11-23(38-3)12-10-21/h5-16H,4,17-18H2,1-3H3,(H,31,34)(H,32,35)/b26-16+.